The quantitative estimate of drug-likeness (QED) is 0.714. The molecule has 2 heterocycles. The molecule has 0 spiro atoms. The van der Waals surface area contributed by atoms with Gasteiger partial charge in [-0.1, -0.05) is 13.3 Å². The molecule has 2 N–H and O–H groups in total. The minimum absolute atomic E-state index is 0.103. The lowest BCUT2D eigenvalue weighted by Crippen LogP contribution is -2.51. The van der Waals surface area contributed by atoms with Crippen molar-refractivity contribution in [2.24, 2.45) is 11.7 Å². The molecule has 5 heteroatoms. The first-order valence-electron chi connectivity index (χ1n) is 8.59. The fourth-order valence-electron chi connectivity index (χ4n) is 3.42. The van der Waals surface area contributed by atoms with E-state index < -0.39 is 0 Å². The maximum atomic E-state index is 12.6. The van der Waals surface area contributed by atoms with Crippen molar-refractivity contribution in [1.82, 2.24) is 9.80 Å². The van der Waals surface area contributed by atoms with Gasteiger partial charge in [-0.2, -0.15) is 0 Å². The first-order valence-corrected chi connectivity index (χ1v) is 8.59. The second-order valence-corrected chi connectivity index (χ2v) is 6.23. The fourth-order valence-corrected chi connectivity index (χ4v) is 3.42. The van der Waals surface area contributed by atoms with E-state index in [-0.39, 0.29) is 12.0 Å². The van der Waals surface area contributed by atoms with Gasteiger partial charge < -0.3 is 15.4 Å². The number of unbranched alkanes of at least 4 members (excludes halogenated alkanes) is 2. The molecule has 0 bridgehead atoms. The van der Waals surface area contributed by atoms with Crippen molar-refractivity contribution < 1.29 is 9.53 Å². The molecule has 0 saturated carbocycles. The van der Waals surface area contributed by atoms with E-state index in [9.17, 15) is 4.79 Å². The summed E-state index contributed by atoms with van der Waals surface area (Å²) in [6, 6.07) is 0. The molecule has 2 atom stereocenters. The highest BCUT2D eigenvalue weighted by Gasteiger charge is 2.36. The number of carbonyl (C=O) groups excluding carboxylic acids is 1. The van der Waals surface area contributed by atoms with E-state index in [1.807, 2.05) is 0 Å². The Hall–Kier alpha value is -0.650. The Bertz CT molecular complexity index is 317. The summed E-state index contributed by atoms with van der Waals surface area (Å²) in [5, 5.41) is 0. The summed E-state index contributed by atoms with van der Waals surface area (Å²) in [5.41, 5.74) is 5.51. The minimum Gasteiger partial charge on any atom is -0.377 e. The lowest BCUT2D eigenvalue weighted by molar-refractivity contribution is -0.139. The molecule has 0 aliphatic carbocycles. The zero-order valence-electron chi connectivity index (χ0n) is 13.4. The number of nitrogens with two attached hydrogens (primary N) is 1. The standard InChI is InChI=1S/C16H31N3O2/c1-2-15-14(6-13-21-15)16(20)19-11-9-18(10-12-19)8-5-3-4-7-17/h14-15H,2-13,17H2,1H3. The fraction of sp³-hybridized carbons (Fsp3) is 0.938. The Morgan fingerprint density at radius 3 is 2.62 bits per heavy atom. The Morgan fingerprint density at radius 1 is 1.19 bits per heavy atom. The number of amides is 1. The Balaban J connectivity index is 1.69. The first kappa shape index (κ1) is 16.7. The van der Waals surface area contributed by atoms with Gasteiger partial charge in [0.05, 0.1) is 12.0 Å². The topological polar surface area (TPSA) is 58.8 Å². The normalized spacial score (nSPS) is 27.2. The van der Waals surface area contributed by atoms with E-state index in [0.29, 0.717) is 5.91 Å². The summed E-state index contributed by atoms with van der Waals surface area (Å²) in [4.78, 5) is 17.1. The molecule has 122 valence electrons. The monoisotopic (exact) mass is 297 g/mol. The molecule has 2 rings (SSSR count). The van der Waals surface area contributed by atoms with Gasteiger partial charge in [0.2, 0.25) is 5.91 Å². The van der Waals surface area contributed by atoms with Crippen LogP contribution in [0.3, 0.4) is 0 Å². The number of rotatable bonds is 7. The number of hydrogen-bond acceptors (Lipinski definition) is 4. The highest BCUT2D eigenvalue weighted by Crippen LogP contribution is 2.25. The van der Waals surface area contributed by atoms with Crippen molar-refractivity contribution in [3.63, 3.8) is 0 Å². The molecule has 2 aliphatic heterocycles. The van der Waals surface area contributed by atoms with Crippen LogP contribution in [0.1, 0.15) is 39.0 Å². The predicted octanol–water partition coefficient (Wildman–Crippen LogP) is 1.07. The van der Waals surface area contributed by atoms with Gasteiger partial charge in [0.1, 0.15) is 0 Å². The number of carbonyl (C=O) groups is 1. The molecule has 5 nitrogen and oxygen atoms in total. The first-order chi connectivity index (χ1) is 10.3. The minimum atomic E-state index is 0.103. The molecular weight excluding hydrogens is 266 g/mol. The Morgan fingerprint density at radius 2 is 1.95 bits per heavy atom. The van der Waals surface area contributed by atoms with Crippen LogP contribution in [-0.2, 0) is 9.53 Å². The van der Waals surface area contributed by atoms with E-state index in [1.54, 1.807) is 0 Å². The Kier molecular flexibility index (Phi) is 6.93. The van der Waals surface area contributed by atoms with E-state index in [4.69, 9.17) is 10.5 Å². The van der Waals surface area contributed by atoms with Crippen molar-refractivity contribution in [1.29, 1.82) is 0 Å². The number of ether oxygens (including phenoxy) is 1. The average Bonchev–Trinajstić information content (AvgIpc) is 3.00. The third-order valence-corrected chi connectivity index (χ3v) is 4.79. The van der Waals surface area contributed by atoms with Crippen molar-refractivity contribution >= 4 is 5.91 Å². The molecule has 2 fully saturated rings. The van der Waals surface area contributed by atoms with E-state index in [0.717, 1.165) is 65.1 Å². The summed E-state index contributed by atoms with van der Waals surface area (Å²) >= 11 is 0. The van der Waals surface area contributed by atoms with E-state index >= 15 is 0 Å². The lowest BCUT2D eigenvalue weighted by Gasteiger charge is -2.36. The smallest absolute Gasteiger partial charge is 0.228 e. The largest absolute Gasteiger partial charge is 0.377 e. The van der Waals surface area contributed by atoms with Gasteiger partial charge in [0.25, 0.3) is 0 Å². The second-order valence-electron chi connectivity index (χ2n) is 6.23. The molecule has 2 aliphatic rings. The van der Waals surface area contributed by atoms with Crippen LogP contribution in [0.5, 0.6) is 0 Å². The lowest BCUT2D eigenvalue weighted by atomic mass is 9.97. The third kappa shape index (κ3) is 4.66. The summed E-state index contributed by atoms with van der Waals surface area (Å²) in [6.45, 7) is 8.57. The van der Waals surface area contributed by atoms with Gasteiger partial charge in [-0.3, -0.25) is 9.69 Å². The molecule has 0 aromatic carbocycles. The van der Waals surface area contributed by atoms with Gasteiger partial charge in [0.15, 0.2) is 0 Å². The van der Waals surface area contributed by atoms with Gasteiger partial charge in [-0.15, -0.1) is 0 Å². The molecule has 0 radical (unpaired) electrons. The van der Waals surface area contributed by atoms with Crippen molar-refractivity contribution in [3.8, 4) is 0 Å². The van der Waals surface area contributed by atoms with Gasteiger partial charge in [0, 0.05) is 32.8 Å². The summed E-state index contributed by atoms with van der Waals surface area (Å²) < 4.78 is 5.66. The van der Waals surface area contributed by atoms with Crippen LogP contribution in [0.25, 0.3) is 0 Å². The van der Waals surface area contributed by atoms with Crippen LogP contribution in [0.15, 0.2) is 0 Å². The maximum absolute atomic E-state index is 12.6. The molecular formula is C16H31N3O2. The summed E-state index contributed by atoms with van der Waals surface area (Å²) in [7, 11) is 0. The number of hydrogen-bond donors (Lipinski definition) is 1. The van der Waals surface area contributed by atoms with Crippen LogP contribution < -0.4 is 5.73 Å². The number of piperazine rings is 1. The Labute approximate surface area is 128 Å². The molecule has 2 unspecified atom stereocenters. The molecule has 1 amide bonds. The highest BCUT2D eigenvalue weighted by atomic mass is 16.5. The zero-order chi connectivity index (χ0) is 15.1. The molecule has 0 aromatic heterocycles. The van der Waals surface area contributed by atoms with Crippen LogP contribution in [0, 0.1) is 5.92 Å². The van der Waals surface area contributed by atoms with Gasteiger partial charge in [-0.25, -0.2) is 0 Å². The maximum Gasteiger partial charge on any atom is 0.228 e. The van der Waals surface area contributed by atoms with Crippen LogP contribution in [0.4, 0.5) is 0 Å². The van der Waals surface area contributed by atoms with E-state index in [1.165, 1.54) is 12.8 Å². The van der Waals surface area contributed by atoms with Gasteiger partial charge in [-0.05, 0) is 38.8 Å². The second kappa shape index (κ2) is 8.71. The summed E-state index contributed by atoms with van der Waals surface area (Å²) in [6.07, 6.45) is 5.55. The van der Waals surface area contributed by atoms with E-state index in [2.05, 4.69) is 16.7 Å². The van der Waals surface area contributed by atoms with Crippen molar-refractivity contribution in [2.75, 3.05) is 45.9 Å². The SMILES string of the molecule is CCC1OCCC1C(=O)N1CCN(CCCCCN)CC1. The van der Waals surface area contributed by atoms with Crippen molar-refractivity contribution in [2.45, 2.75) is 45.1 Å². The van der Waals surface area contributed by atoms with Crippen LogP contribution >= 0.6 is 0 Å². The molecule has 21 heavy (non-hydrogen) atoms. The molecule has 2 saturated heterocycles. The predicted molar refractivity (Wildman–Crippen MR) is 84.1 cm³/mol. The average molecular weight is 297 g/mol. The zero-order valence-corrected chi connectivity index (χ0v) is 13.4. The van der Waals surface area contributed by atoms with Crippen LogP contribution in [-0.4, -0.2) is 67.7 Å². The highest BCUT2D eigenvalue weighted by molar-refractivity contribution is 5.79. The van der Waals surface area contributed by atoms with Gasteiger partial charge >= 0.3 is 0 Å². The third-order valence-electron chi connectivity index (χ3n) is 4.79. The number of nitrogens with zero attached hydrogens (tertiary/aromatic N) is 2. The summed E-state index contributed by atoms with van der Waals surface area (Å²) in [5.74, 6) is 0.424. The van der Waals surface area contributed by atoms with Crippen molar-refractivity contribution in [3.05, 3.63) is 0 Å². The molecule has 0 aromatic rings. The van der Waals surface area contributed by atoms with Crippen LogP contribution in [0.2, 0.25) is 0 Å².